The maximum absolute atomic E-state index is 13.7. The maximum atomic E-state index is 13.7. The minimum Gasteiger partial charge on any atom is -0.370 e. The van der Waals surface area contributed by atoms with Gasteiger partial charge in [0.15, 0.2) is 5.82 Å². The number of pyridine rings is 1. The third-order valence-corrected chi connectivity index (χ3v) is 2.84. The monoisotopic (exact) mass is 250 g/mol. The quantitative estimate of drug-likeness (QED) is 0.890. The van der Waals surface area contributed by atoms with Crippen LogP contribution in [0.1, 0.15) is 25.8 Å². The van der Waals surface area contributed by atoms with Gasteiger partial charge in [-0.3, -0.25) is 0 Å². The number of hydrogen-bond acceptors (Lipinski definition) is 2. The van der Waals surface area contributed by atoms with E-state index in [-0.39, 0.29) is 5.52 Å². The van der Waals surface area contributed by atoms with Gasteiger partial charge in [0.05, 0.1) is 0 Å². The Hall–Kier alpha value is -1.71. The fourth-order valence-corrected chi connectivity index (χ4v) is 1.92. The van der Waals surface area contributed by atoms with E-state index in [0.29, 0.717) is 11.2 Å². The van der Waals surface area contributed by atoms with Gasteiger partial charge in [0.2, 0.25) is 0 Å². The van der Waals surface area contributed by atoms with Gasteiger partial charge < -0.3 is 5.32 Å². The van der Waals surface area contributed by atoms with Crippen molar-refractivity contribution in [3.63, 3.8) is 0 Å². The van der Waals surface area contributed by atoms with Crippen molar-refractivity contribution in [3.8, 4) is 0 Å². The highest BCUT2D eigenvalue weighted by Crippen LogP contribution is 2.24. The molecule has 1 heterocycles. The molecule has 0 unspecified atom stereocenters. The molecule has 0 fully saturated rings. The van der Waals surface area contributed by atoms with Gasteiger partial charge in [-0.05, 0) is 30.5 Å². The fourth-order valence-electron chi connectivity index (χ4n) is 1.92. The molecule has 0 saturated carbocycles. The number of anilines is 1. The molecule has 1 aromatic carbocycles. The summed E-state index contributed by atoms with van der Waals surface area (Å²) < 4.78 is 26.8. The number of nitrogens with one attached hydrogen (secondary N) is 1. The van der Waals surface area contributed by atoms with Crippen LogP contribution >= 0.6 is 0 Å². The van der Waals surface area contributed by atoms with E-state index in [0.717, 1.165) is 31.0 Å². The van der Waals surface area contributed by atoms with Gasteiger partial charge in [-0.2, -0.15) is 0 Å². The summed E-state index contributed by atoms with van der Waals surface area (Å²) in [5, 5.41) is 3.68. The molecule has 0 aliphatic carbocycles. The molecule has 1 aromatic heterocycles. The molecule has 2 aromatic rings. The van der Waals surface area contributed by atoms with Crippen molar-refractivity contribution in [3.05, 3.63) is 35.4 Å². The highest BCUT2D eigenvalue weighted by Gasteiger charge is 2.10. The molecule has 0 amide bonds. The van der Waals surface area contributed by atoms with Gasteiger partial charge in [0.1, 0.15) is 17.2 Å². The summed E-state index contributed by atoms with van der Waals surface area (Å²) in [6.07, 6.45) is 1.74. The molecular weight excluding hydrogens is 234 g/mol. The van der Waals surface area contributed by atoms with Crippen LogP contribution in [0, 0.1) is 11.6 Å². The maximum Gasteiger partial charge on any atom is 0.152 e. The normalized spacial score (nSPS) is 10.9. The van der Waals surface area contributed by atoms with Gasteiger partial charge in [-0.15, -0.1) is 0 Å². The second-order valence-electron chi connectivity index (χ2n) is 4.24. The first-order chi connectivity index (χ1) is 8.65. The van der Waals surface area contributed by atoms with E-state index in [4.69, 9.17) is 0 Å². The van der Waals surface area contributed by atoms with Gasteiger partial charge in [0, 0.05) is 18.0 Å². The van der Waals surface area contributed by atoms with Crippen molar-refractivity contribution >= 4 is 16.7 Å². The van der Waals surface area contributed by atoms with Crippen LogP contribution in [0.15, 0.2) is 18.2 Å². The molecule has 0 aliphatic heterocycles. The Morgan fingerprint density at radius 2 is 1.94 bits per heavy atom. The number of aromatic nitrogens is 1. The Kier molecular flexibility index (Phi) is 3.75. The second-order valence-corrected chi connectivity index (χ2v) is 4.24. The lowest BCUT2D eigenvalue weighted by atomic mass is 10.1. The Morgan fingerprint density at radius 3 is 2.61 bits per heavy atom. The summed E-state index contributed by atoms with van der Waals surface area (Å²) in [6.45, 7) is 4.83. The molecule has 96 valence electrons. The van der Waals surface area contributed by atoms with Gasteiger partial charge in [0.25, 0.3) is 0 Å². The van der Waals surface area contributed by atoms with Crippen LogP contribution in [0.5, 0.6) is 0 Å². The molecule has 0 atom stereocenters. The molecule has 0 spiro atoms. The lowest BCUT2D eigenvalue weighted by molar-refractivity contribution is 0.590. The summed E-state index contributed by atoms with van der Waals surface area (Å²) in [4.78, 5) is 4.27. The molecular formula is C14H16F2N2. The second kappa shape index (κ2) is 5.29. The van der Waals surface area contributed by atoms with Crippen LogP contribution in [0.3, 0.4) is 0 Å². The average molecular weight is 250 g/mol. The topological polar surface area (TPSA) is 24.9 Å². The lowest BCUT2D eigenvalue weighted by Gasteiger charge is -2.11. The standard InChI is InChI=1S/C14H16F2N2/c1-3-5-17-14-9(4-2)6-10-7-11(15)8-12(16)13(10)18-14/h6-8H,3-5H2,1-2H3,(H,17,18). The first kappa shape index (κ1) is 12.7. The van der Waals surface area contributed by atoms with Crippen molar-refractivity contribution in [1.82, 2.24) is 4.98 Å². The fraction of sp³-hybridized carbons (Fsp3) is 0.357. The van der Waals surface area contributed by atoms with Crippen LogP contribution in [0.25, 0.3) is 10.9 Å². The largest absolute Gasteiger partial charge is 0.370 e. The summed E-state index contributed by atoms with van der Waals surface area (Å²) in [7, 11) is 0. The minimum atomic E-state index is -0.618. The van der Waals surface area contributed by atoms with E-state index in [2.05, 4.69) is 17.2 Å². The lowest BCUT2D eigenvalue weighted by Crippen LogP contribution is -2.06. The van der Waals surface area contributed by atoms with E-state index in [1.54, 1.807) is 6.07 Å². The zero-order chi connectivity index (χ0) is 13.1. The molecule has 0 saturated heterocycles. The highest BCUT2D eigenvalue weighted by molar-refractivity contribution is 5.82. The van der Waals surface area contributed by atoms with E-state index in [1.807, 2.05) is 6.92 Å². The van der Waals surface area contributed by atoms with Crippen LogP contribution < -0.4 is 5.32 Å². The van der Waals surface area contributed by atoms with E-state index >= 15 is 0 Å². The Bertz CT molecular complexity index is 567. The molecule has 18 heavy (non-hydrogen) atoms. The third kappa shape index (κ3) is 2.42. The Morgan fingerprint density at radius 1 is 1.17 bits per heavy atom. The smallest absolute Gasteiger partial charge is 0.152 e. The number of benzene rings is 1. The predicted molar refractivity (Wildman–Crippen MR) is 69.8 cm³/mol. The summed E-state index contributed by atoms with van der Waals surface area (Å²) in [6, 6.07) is 3.98. The van der Waals surface area contributed by atoms with E-state index < -0.39 is 11.6 Å². The van der Waals surface area contributed by atoms with Crippen LogP contribution in [-0.2, 0) is 6.42 Å². The molecule has 2 nitrogen and oxygen atoms in total. The number of hydrogen-bond donors (Lipinski definition) is 1. The molecule has 0 aliphatic rings. The summed E-state index contributed by atoms with van der Waals surface area (Å²) in [5.41, 5.74) is 1.19. The zero-order valence-corrected chi connectivity index (χ0v) is 10.6. The third-order valence-electron chi connectivity index (χ3n) is 2.84. The Balaban J connectivity index is 2.57. The summed E-state index contributed by atoms with van der Waals surface area (Å²) in [5.74, 6) is -0.498. The summed E-state index contributed by atoms with van der Waals surface area (Å²) >= 11 is 0. The van der Waals surface area contributed by atoms with Crippen molar-refractivity contribution in [2.24, 2.45) is 0 Å². The number of aryl methyl sites for hydroxylation is 1. The molecule has 4 heteroatoms. The Labute approximate surface area is 105 Å². The highest BCUT2D eigenvalue weighted by atomic mass is 19.1. The molecule has 2 rings (SSSR count). The van der Waals surface area contributed by atoms with Gasteiger partial charge in [-0.1, -0.05) is 13.8 Å². The number of halogens is 2. The van der Waals surface area contributed by atoms with Crippen molar-refractivity contribution < 1.29 is 8.78 Å². The first-order valence-corrected chi connectivity index (χ1v) is 6.18. The SMILES string of the molecule is CCCNc1nc2c(F)cc(F)cc2cc1CC. The van der Waals surface area contributed by atoms with E-state index in [1.165, 1.54) is 6.07 Å². The van der Waals surface area contributed by atoms with Gasteiger partial charge in [-0.25, -0.2) is 13.8 Å². The van der Waals surface area contributed by atoms with E-state index in [9.17, 15) is 8.78 Å². The molecule has 0 radical (unpaired) electrons. The van der Waals surface area contributed by atoms with Crippen molar-refractivity contribution in [2.75, 3.05) is 11.9 Å². The number of nitrogens with zero attached hydrogens (tertiary/aromatic N) is 1. The van der Waals surface area contributed by atoms with Crippen LogP contribution in [0.4, 0.5) is 14.6 Å². The zero-order valence-electron chi connectivity index (χ0n) is 10.6. The van der Waals surface area contributed by atoms with Crippen LogP contribution in [0.2, 0.25) is 0 Å². The minimum absolute atomic E-state index is 0.215. The predicted octanol–water partition coefficient (Wildman–Crippen LogP) is 3.90. The number of fused-ring (bicyclic) bond motifs is 1. The van der Waals surface area contributed by atoms with Crippen LogP contribution in [-0.4, -0.2) is 11.5 Å². The van der Waals surface area contributed by atoms with Crippen molar-refractivity contribution in [1.29, 1.82) is 0 Å². The molecule has 0 bridgehead atoms. The average Bonchev–Trinajstić information content (AvgIpc) is 2.35. The molecule has 1 N–H and O–H groups in total. The van der Waals surface area contributed by atoms with Crippen molar-refractivity contribution in [2.45, 2.75) is 26.7 Å². The first-order valence-electron chi connectivity index (χ1n) is 6.18. The van der Waals surface area contributed by atoms with Gasteiger partial charge >= 0.3 is 0 Å². The number of rotatable bonds is 4.